The van der Waals surface area contributed by atoms with Gasteiger partial charge in [0, 0.05) is 49.4 Å². The van der Waals surface area contributed by atoms with Crippen LogP contribution in [0.15, 0.2) is 59.7 Å². The van der Waals surface area contributed by atoms with E-state index in [1.807, 2.05) is 0 Å². The van der Waals surface area contributed by atoms with Gasteiger partial charge in [0.1, 0.15) is 11.6 Å². The lowest BCUT2D eigenvalue weighted by Gasteiger charge is -2.16. The van der Waals surface area contributed by atoms with Crippen LogP contribution in [-0.2, 0) is 24.1 Å². The Balaban J connectivity index is 1.96. The van der Waals surface area contributed by atoms with E-state index in [1.54, 1.807) is 43.2 Å². The number of aromatic nitrogens is 2. The molecular weight excluding hydrogens is 452 g/mol. The largest absolute Gasteiger partial charge is 0.454 e. The van der Waals surface area contributed by atoms with Crippen LogP contribution in [0.3, 0.4) is 0 Å². The van der Waals surface area contributed by atoms with Gasteiger partial charge >= 0.3 is 0 Å². The van der Waals surface area contributed by atoms with Gasteiger partial charge in [-0.05, 0) is 43.3 Å². The molecule has 0 aliphatic carbocycles. The van der Waals surface area contributed by atoms with Gasteiger partial charge in [0.25, 0.3) is 5.56 Å². The molecule has 33 heavy (non-hydrogen) atoms. The molecule has 4 rings (SSSR count). The number of hydrogen-bond acceptors (Lipinski definition) is 4. The fraction of sp³-hybridized carbons (Fsp3) is 0.174. The Morgan fingerprint density at radius 3 is 2.39 bits per heavy atom. The molecule has 0 fully saturated rings. The van der Waals surface area contributed by atoms with Gasteiger partial charge in [-0.3, -0.25) is 9.52 Å². The zero-order valence-electron chi connectivity index (χ0n) is 18.1. The Kier molecular flexibility index (Phi) is 5.71. The molecule has 2 aromatic heterocycles. The monoisotopic (exact) mass is 473 g/mol. The van der Waals surface area contributed by atoms with E-state index >= 15 is 0 Å². The summed E-state index contributed by atoms with van der Waals surface area (Å²) in [4.78, 5) is 12.6. The summed E-state index contributed by atoms with van der Waals surface area (Å²) in [6, 6.07) is 9.16. The molecule has 0 saturated carbocycles. The fourth-order valence-corrected chi connectivity index (χ4v) is 4.19. The minimum Gasteiger partial charge on any atom is -0.454 e. The highest BCUT2D eigenvalue weighted by atomic mass is 32.2. The summed E-state index contributed by atoms with van der Waals surface area (Å²) in [6.07, 6.45) is 3.34. The molecule has 172 valence electrons. The third-order valence-electron chi connectivity index (χ3n) is 5.24. The van der Waals surface area contributed by atoms with Crippen molar-refractivity contribution in [2.45, 2.75) is 6.92 Å². The molecule has 7 nitrogen and oxygen atoms in total. The van der Waals surface area contributed by atoms with Gasteiger partial charge in [-0.1, -0.05) is 0 Å². The predicted molar refractivity (Wildman–Crippen MR) is 123 cm³/mol. The molecule has 0 unspecified atom stereocenters. The fourth-order valence-electron chi connectivity index (χ4n) is 3.56. The first kappa shape index (κ1) is 22.5. The van der Waals surface area contributed by atoms with Crippen molar-refractivity contribution < 1.29 is 21.9 Å². The van der Waals surface area contributed by atoms with Crippen LogP contribution in [0.2, 0.25) is 0 Å². The number of nitrogens with one attached hydrogen (secondary N) is 1. The minimum atomic E-state index is -3.56. The van der Waals surface area contributed by atoms with Crippen LogP contribution in [0.25, 0.3) is 22.0 Å². The SMILES string of the molecule is CCS(=O)(=O)Nc1ccc(Oc2ccc(F)cc2F)c(-c2cn(C)c(=O)c3ccn(C)c23)c1. The van der Waals surface area contributed by atoms with Crippen molar-refractivity contribution >= 4 is 26.6 Å². The van der Waals surface area contributed by atoms with Crippen LogP contribution >= 0.6 is 0 Å². The lowest BCUT2D eigenvalue weighted by Crippen LogP contribution is -2.17. The van der Waals surface area contributed by atoms with Crippen molar-refractivity contribution in [2.24, 2.45) is 14.1 Å². The van der Waals surface area contributed by atoms with Gasteiger partial charge < -0.3 is 13.9 Å². The average Bonchev–Trinajstić information content (AvgIpc) is 3.15. The Morgan fingerprint density at radius 1 is 0.970 bits per heavy atom. The standard InChI is InChI=1S/C23H21F2N3O4S/c1-4-33(30,31)26-15-6-8-20(32-21-7-5-14(24)11-19(21)25)17(12-15)18-13-28(3)23(29)16-9-10-27(2)22(16)18/h5-13,26H,4H2,1-3H3. The van der Waals surface area contributed by atoms with Crippen molar-refractivity contribution in [2.75, 3.05) is 10.5 Å². The molecule has 4 aromatic rings. The minimum absolute atomic E-state index is 0.122. The van der Waals surface area contributed by atoms with Crippen LogP contribution in [0.1, 0.15) is 6.92 Å². The molecular formula is C23H21F2N3O4S. The maximum Gasteiger partial charge on any atom is 0.259 e. The maximum atomic E-state index is 14.3. The third-order valence-corrected chi connectivity index (χ3v) is 6.55. The van der Waals surface area contributed by atoms with Crippen molar-refractivity contribution in [1.29, 1.82) is 0 Å². The molecule has 0 radical (unpaired) electrons. The highest BCUT2D eigenvalue weighted by molar-refractivity contribution is 7.92. The van der Waals surface area contributed by atoms with Crippen LogP contribution < -0.4 is 15.0 Å². The lowest BCUT2D eigenvalue weighted by atomic mass is 10.0. The van der Waals surface area contributed by atoms with Crippen LogP contribution in [0.5, 0.6) is 11.5 Å². The number of sulfonamides is 1. The average molecular weight is 474 g/mol. The second-order valence-electron chi connectivity index (χ2n) is 7.54. The summed E-state index contributed by atoms with van der Waals surface area (Å²) in [6.45, 7) is 1.51. The third kappa shape index (κ3) is 4.34. The van der Waals surface area contributed by atoms with Gasteiger partial charge in [0.05, 0.1) is 16.7 Å². The number of aryl methyl sites for hydroxylation is 2. The summed E-state index contributed by atoms with van der Waals surface area (Å²) >= 11 is 0. The zero-order chi connectivity index (χ0) is 23.9. The number of ether oxygens (including phenoxy) is 1. The molecule has 0 spiro atoms. The molecule has 10 heteroatoms. The smallest absolute Gasteiger partial charge is 0.259 e. The molecule has 0 atom stereocenters. The first-order valence-corrected chi connectivity index (χ1v) is 11.7. The van der Waals surface area contributed by atoms with Crippen molar-refractivity contribution in [3.05, 3.63) is 76.8 Å². The maximum absolute atomic E-state index is 14.3. The van der Waals surface area contributed by atoms with E-state index in [9.17, 15) is 22.0 Å². The number of halogens is 2. The van der Waals surface area contributed by atoms with Gasteiger partial charge in [0.2, 0.25) is 10.0 Å². The van der Waals surface area contributed by atoms with E-state index in [0.29, 0.717) is 28.1 Å². The van der Waals surface area contributed by atoms with Crippen molar-refractivity contribution in [3.63, 3.8) is 0 Å². The second kappa shape index (κ2) is 8.36. The Hall–Kier alpha value is -3.66. The second-order valence-corrected chi connectivity index (χ2v) is 9.55. The Labute approximate surface area is 188 Å². The number of fused-ring (bicyclic) bond motifs is 1. The number of rotatable bonds is 6. The molecule has 1 N–H and O–H groups in total. The Morgan fingerprint density at radius 2 is 1.70 bits per heavy atom. The summed E-state index contributed by atoms with van der Waals surface area (Å²) in [5.74, 6) is -1.76. The van der Waals surface area contributed by atoms with E-state index in [4.69, 9.17) is 4.74 Å². The highest BCUT2D eigenvalue weighted by Gasteiger charge is 2.19. The van der Waals surface area contributed by atoms with E-state index in [1.165, 1.54) is 29.7 Å². The van der Waals surface area contributed by atoms with Gasteiger partial charge in [-0.15, -0.1) is 0 Å². The first-order chi connectivity index (χ1) is 15.6. The number of anilines is 1. The summed E-state index contributed by atoms with van der Waals surface area (Å²) < 4.78 is 63.3. The number of hydrogen-bond donors (Lipinski definition) is 1. The number of pyridine rings is 1. The van der Waals surface area contributed by atoms with Gasteiger partial charge in [0.15, 0.2) is 11.6 Å². The quantitative estimate of drug-likeness (QED) is 0.451. The first-order valence-electron chi connectivity index (χ1n) is 10.0. The molecule has 0 bridgehead atoms. The van der Waals surface area contributed by atoms with E-state index in [-0.39, 0.29) is 28.5 Å². The highest BCUT2D eigenvalue weighted by Crippen LogP contribution is 2.39. The zero-order valence-corrected chi connectivity index (χ0v) is 18.9. The molecule has 2 aromatic carbocycles. The summed E-state index contributed by atoms with van der Waals surface area (Å²) in [7, 11) is -0.190. The van der Waals surface area contributed by atoms with Crippen LogP contribution in [0, 0.1) is 11.6 Å². The van der Waals surface area contributed by atoms with Gasteiger partial charge in [-0.2, -0.15) is 0 Å². The molecule has 0 amide bonds. The topological polar surface area (TPSA) is 82.3 Å². The van der Waals surface area contributed by atoms with E-state index in [0.717, 1.165) is 6.07 Å². The van der Waals surface area contributed by atoms with Crippen molar-refractivity contribution in [3.8, 4) is 22.6 Å². The molecule has 0 aliphatic rings. The normalized spacial score (nSPS) is 11.7. The molecule has 0 aliphatic heterocycles. The van der Waals surface area contributed by atoms with Crippen molar-refractivity contribution in [1.82, 2.24) is 9.13 Å². The summed E-state index contributed by atoms with van der Waals surface area (Å²) in [5.41, 5.74) is 1.64. The predicted octanol–water partition coefficient (Wildman–Crippen LogP) is 4.38. The molecule has 0 saturated heterocycles. The van der Waals surface area contributed by atoms with E-state index < -0.39 is 21.7 Å². The molecule has 2 heterocycles. The van der Waals surface area contributed by atoms with E-state index in [2.05, 4.69) is 4.72 Å². The summed E-state index contributed by atoms with van der Waals surface area (Å²) in [5, 5.41) is 0.455. The lowest BCUT2D eigenvalue weighted by molar-refractivity contribution is 0.439. The number of benzene rings is 2. The van der Waals surface area contributed by atoms with Crippen LogP contribution in [-0.4, -0.2) is 23.3 Å². The van der Waals surface area contributed by atoms with Gasteiger partial charge in [-0.25, -0.2) is 17.2 Å². The Bertz CT molecular complexity index is 1540. The number of nitrogens with zero attached hydrogens (tertiary/aromatic N) is 2. The van der Waals surface area contributed by atoms with Crippen LogP contribution in [0.4, 0.5) is 14.5 Å².